The van der Waals surface area contributed by atoms with Crippen LogP contribution in [0.15, 0.2) is 97.5 Å². The fourth-order valence-electron chi connectivity index (χ4n) is 4.96. The third kappa shape index (κ3) is 9.74. The molecule has 4 aromatic rings. The van der Waals surface area contributed by atoms with Crippen LogP contribution in [-0.2, 0) is 30.7 Å². The Kier molecular flexibility index (Phi) is 12.0. The van der Waals surface area contributed by atoms with Crippen LogP contribution in [0.25, 0.3) is 0 Å². The Balaban J connectivity index is 1.42. The number of thiocarbonyl (C=S) groups is 1. The Bertz CT molecular complexity index is 1490. The second kappa shape index (κ2) is 16.3. The van der Waals surface area contributed by atoms with Gasteiger partial charge in [0.25, 0.3) is 5.69 Å². The Labute approximate surface area is 264 Å². The summed E-state index contributed by atoms with van der Waals surface area (Å²) in [6, 6.07) is 26.8. The predicted octanol–water partition coefficient (Wildman–Crippen LogP) is 5.53. The van der Waals surface area contributed by atoms with E-state index in [4.69, 9.17) is 12.2 Å². The van der Waals surface area contributed by atoms with Gasteiger partial charge in [0.2, 0.25) is 5.91 Å². The first-order valence-electron chi connectivity index (χ1n) is 14.9. The summed E-state index contributed by atoms with van der Waals surface area (Å²) in [5.41, 5.74) is 4.09. The zero-order valence-electron chi connectivity index (χ0n) is 25.3. The number of amides is 1. The van der Waals surface area contributed by atoms with Gasteiger partial charge in [0.05, 0.1) is 17.7 Å². The van der Waals surface area contributed by atoms with Crippen molar-refractivity contribution in [3.63, 3.8) is 0 Å². The SMILES string of the molecule is CC[C@H](C)[C@@H](CN(Cc1ccccc1)C(=S)NCCc1ccccc1)NC(=O)Cc1cncn1Cc1ccc([N+](=O)[O-])cc1. The molecule has 4 rings (SSSR count). The molecule has 2 atom stereocenters. The summed E-state index contributed by atoms with van der Waals surface area (Å²) in [6.07, 6.45) is 5.29. The van der Waals surface area contributed by atoms with Gasteiger partial charge in [-0.3, -0.25) is 14.9 Å². The van der Waals surface area contributed by atoms with E-state index in [-0.39, 0.29) is 30.0 Å². The summed E-state index contributed by atoms with van der Waals surface area (Å²) >= 11 is 5.89. The van der Waals surface area contributed by atoms with Crippen LogP contribution < -0.4 is 10.6 Å². The highest BCUT2D eigenvalue weighted by atomic mass is 32.1. The molecular formula is C34H40N6O3S. The van der Waals surface area contributed by atoms with E-state index in [1.54, 1.807) is 24.7 Å². The summed E-state index contributed by atoms with van der Waals surface area (Å²) < 4.78 is 1.90. The van der Waals surface area contributed by atoms with Crippen LogP contribution in [0.3, 0.4) is 0 Å². The van der Waals surface area contributed by atoms with E-state index in [1.165, 1.54) is 17.7 Å². The van der Waals surface area contributed by atoms with Crippen molar-refractivity contribution < 1.29 is 9.72 Å². The van der Waals surface area contributed by atoms with Gasteiger partial charge in [-0.2, -0.15) is 0 Å². The van der Waals surface area contributed by atoms with Gasteiger partial charge in [-0.1, -0.05) is 93.1 Å². The van der Waals surface area contributed by atoms with Gasteiger partial charge < -0.3 is 20.1 Å². The van der Waals surface area contributed by atoms with Crippen molar-refractivity contribution in [1.29, 1.82) is 0 Å². The van der Waals surface area contributed by atoms with Gasteiger partial charge in [-0.25, -0.2) is 4.98 Å². The summed E-state index contributed by atoms with van der Waals surface area (Å²) in [5.74, 6) is 0.123. The Morgan fingerprint density at radius 1 is 1.00 bits per heavy atom. The van der Waals surface area contributed by atoms with Gasteiger partial charge in [-0.15, -0.1) is 0 Å². The lowest BCUT2D eigenvalue weighted by molar-refractivity contribution is -0.384. The first-order chi connectivity index (χ1) is 21.3. The van der Waals surface area contributed by atoms with Crippen LogP contribution >= 0.6 is 12.2 Å². The summed E-state index contributed by atoms with van der Waals surface area (Å²) in [5, 5.41) is 18.4. The zero-order valence-corrected chi connectivity index (χ0v) is 26.1. The number of nitro groups is 1. The smallest absolute Gasteiger partial charge is 0.269 e. The summed E-state index contributed by atoms with van der Waals surface area (Å²) in [7, 11) is 0. The molecule has 0 spiro atoms. The maximum atomic E-state index is 13.4. The number of hydrogen-bond donors (Lipinski definition) is 2. The van der Waals surface area contributed by atoms with Crippen molar-refractivity contribution in [1.82, 2.24) is 25.1 Å². The van der Waals surface area contributed by atoms with E-state index in [0.717, 1.165) is 29.7 Å². The largest absolute Gasteiger partial charge is 0.362 e. The van der Waals surface area contributed by atoms with Crippen molar-refractivity contribution >= 4 is 28.9 Å². The molecule has 9 nitrogen and oxygen atoms in total. The van der Waals surface area contributed by atoms with Crippen molar-refractivity contribution in [3.05, 3.63) is 130 Å². The molecule has 0 fully saturated rings. The lowest BCUT2D eigenvalue weighted by atomic mass is 9.98. The number of rotatable bonds is 15. The maximum Gasteiger partial charge on any atom is 0.269 e. The predicted molar refractivity (Wildman–Crippen MR) is 177 cm³/mol. The molecule has 0 bridgehead atoms. The second-order valence-corrected chi connectivity index (χ2v) is 11.4. The second-order valence-electron chi connectivity index (χ2n) is 11.0. The Morgan fingerprint density at radius 3 is 2.30 bits per heavy atom. The van der Waals surface area contributed by atoms with Gasteiger partial charge in [0.15, 0.2) is 5.11 Å². The van der Waals surface area contributed by atoms with E-state index in [9.17, 15) is 14.9 Å². The van der Waals surface area contributed by atoms with Gasteiger partial charge in [0.1, 0.15) is 0 Å². The third-order valence-corrected chi connectivity index (χ3v) is 8.17. The van der Waals surface area contributed by atoms with Crippen molar-refractivity contribution in [2.75, 3.05) is 13.1 Å². The number of benzene rings is 3. The molecule has 0 unspecified atom stereocenters. The highest BCUT2D eigenvalue weighted by Gasteiger charge is 2.24. The third-order valence-electron chi connectivity index (χ3n) is 7.77. The first kappa shape index (κ1) is 32.3. The molecule has 1 heterocycles. The molecule has 2 N–H and O–H groups in total. The van der Waals surface area contributed by atoms with Crippen LogP contribution in [-0.4, -0.2) is 49.5 Å². The van der Waals surface area contributed by atoms with E-state index >= 15 is 0 Å². The number of carbonyl (C=O) groups is 1. The number of nitrogens with zero attached hydrogens (tertiary/aromatic N) is 4. The minimum absolute atomic E-state index is 0.0438. The highest BCUT2D eigenvalue weighted by molar-refractivity contribution is 7.80. The van der Waals surface area contributed by atoms with Crippen molar-refractivity contribution in [2.24, 2.45) is 5.92 Å². The average molecular weight is 613 g/mol. The molecule has 1 aromatic heterocycles. The molecule has 3 aromatic carbocycles. The molecule has 44 heavy (non-hydrogen) atoms. The number of imidazole rings is 1. The standard InChI is InChI=1S/C34H40N6O3S/c1-3-26(2)32(37-33(41)20-31-21-35-25-39(31)23-29-14-16-30(17-15-29)40(42)43)24-38(22-28-12-8-5-9-13-28)34(44)36-19-18-27-10-6-4-7-11-27/h4-17,21,25-26,32H,3,18-20,22-24H2,1-2H3,(H,36,44)(H,37,41)/t26-,32+/m0/s1. The van der Waals surface area contributed by atoms with Crippen molar-refractivity contribution in [3.8, 4) is 0 Å². The van der Waals surface area contributed by atoms with E-state index in [0.29, 0.717) is 31.3 Å². The van der Waals surface area contributed by atoms with E-state index in [1.807, 2.05) is 41.0 Å². The molecular weight excluding hydrogens is 572 g/mol. The lowest BCUT2D eigenvalue weighted by Crippen LogP contribution is -2.51. The average Bonchev–Trinajstić information content (AvgIpc) is 3.46. The number of hydrogen-bond acceptors (Lipinski definition) is 5. The van der Waals surface area contributed by atoms with Crippen LogP contribution in [0.4, 0.5) is 5.69 Å². The minimum Gasteiger partial charge on any atom is -0.362 e. The van der Waals surface area contributed by atoms with E-state index < -0.39 is 4.92 Å². The monoisotopic (exact) mass is 612 g/mol. The molecule has 0 aliphatic heterocycles. The first-order valence-corrected chi connectivity index (χ1v) is 15.4. The fourth-order valence-corrected chi connectivity index (χ4v) is 5.20. The molecule has 0 aliphatic rings. The number of carbonyl (C=O) groups excluding carboxylic acids is 1. The normalized spacial score (nSPS) is 12.2. The molecule has 0 saturated carbocycles. The molecule has 1 amide bonds. The van der Waals surface area contributed by atoms with E-state index in [2.05, 4.69) is 58.6 Å². The Hall–Kier alpha value is -4.57. The quantitative estimate of drug-likeness (QED) is 0.103. The van der Waals surface area contributed by atoms with Crippen LogP contribution in [0.1, 0.15) is 42.7 Å². The molecule has 0 saturated heterocycles. The fraction of sp³-hybridized carbons (Fsp3) is 0.324. The van der Waals surface area contributed by atoms with Crippen LogP contribution in [0.5, 0.6) is 0 Å². The van der Waals surface area contributed by atoms with Crippen LogP contribution in [0, 0.1) is 16.0 Å². The van der Waals surface area contributed by atoms with Gasteiger partial charge in [0, 0.05) is 56.2 Å². The summed E-state index contributed by atoms with van der Waals surface area (Å²) in [4.78, 5) is 30.4. The number of non-ortho nitro benzene ring substituents is 1. The molecule has 10 heteroatoms. The number of aromatic nitrogens is 2. The Morgan fingerprint density at radius 2 is 1.66 bits per heavy atom. The molecule has 0 aliphatic carbocycles. The summed E-state index contributed by atoms with van der Waals surface area (Å²) in [6.45, 7) is 6.64. The van der Waals surface area contributed by atoms with Gasteiger partial charge in [-0.05, 0) is 41.2 Å². The van der Waals surface area contributed by atoms with Gasteiger partial charge >= 0.3 is 0 Å². The van der Waals surface area contributed by atoms with Crippen LogP contribution in [0.2, 0.25) is 0 Å². The zero-order chi connectivity index (χ0) is 31.3. The maximum absolute atomic E-state index is 13.4. The molecule has 230 valence electrons. The van der Waals surface area contributed by atoms with Crippen molar-refractivity contribution in [2.45, 2.75) is 52.2 Å². The lowest BCUT2D eigenvalue weighted by Gasteiger charge is -2.33. The minimum atomic E-state index is -0.418. The highest BCUT2D eigenvalue weighted by Crippen LogP contribution is 2.16. The number of nitro benzene ring substituents is 1. The topological polar surface area (TPSA) is 105 Å². The number of nitrogens with one attached hydrogen (secondary N) is 2. The molecule has 0 radical (unpaired) electrons.